The maximum absolute atomic E-state index is 9.53. The van der Waals surface area contributed by atoms with E-state index < -0.39 is 0 Å². The second-order valence-electron chi connectivity index (χ2n) is 5.43. The van der Waals surface area contributed by atoms with Crippen LogP contribution in [0.15, 0.2) is 24.3 Å². The summed E-state index contributed by atoms with van der Waals surface area (Å²) in [6, 6.07) is 8.37. The van der Waals surface area contributed by atoms with Crippen LogP contribution in [0.5, 0.6) is 0 Å². The van der Waals surface area contributed by atoms with Gasteiger partial charge in [0.2, 0.25) is 5.95 Å². The van der Waals surface area contributed by atoms with Gasteiger partial charge in [0.25, 0.3) is 0 Å². The Balaban J connectivity index is 1.78. The van der Waals surface area contributed by atoms with Crippen molar-refractivity contribution < 1.29 is 5.11 Å². The molecule has 0 saturated heterocycles. The Morgan fingerprint density at radius 2 is 2.05 bits per heavy atom. The molecular weight excluding hydrogens is 238 g/mol. The van der Waals surface area contributed by atoms with Crippen LogP contribution in [0.4, 0.5) is 5.95 Å². The van der Waals surface area contributed by atoms with Crippen LogP contribution in [0.2, 0.25) is 0 Å². The highest BCUT2D eigenvalue weighted by Crippen LogP contribution is 2.26. The van der Waals surface area contributed by atoms with E-state index in [2.05, 4.69) is 15.3 Å². The molecule has 2 unspecified atom stereocenters. The second kappa shape index (κ2) is 5.61. The van der Waals surface area contributed by atoms with Gasteiger partial charge in [0.05, 0.1) is 11.0 Å². The van der Waals surface area contributed by atoms with E-state index in [1.54, 1.807) is 0 Å². The lowest BCUT2D eigenvalue weighted by atomic mass is 9.96. The van der Waals surface area contributed by atoms with Gasteiger partial charge in [0.1, 0.15) is 0 Å². The fourth-order valence-electron chi connectivity index (χ4n) is 2.99. The number of rotatable bonds is 3. The van der Waals surface area contributed by atoms with Crippen molar-refractivity contribution in [2.45, 2.75) is 38.1 Å². The molecule has 102 valence electrons. The van der Waals surface area contributed by atoms with E-state index in [0.29, 0.717) is 12.0 Å². The van der Waals surface area contributed by atoms with Crippen LogP contribution in [0.25, 0.3) is 11.0 Å². The first-order valence-electron chi connectivity index (χ1n) is 7.19. The largest absolute Gasteiger partial charge is 0.396 e. The van der Waals surface area contributed by atoms with E-state index in [4.69, 9.17) is 0 Å². The van der Waals surface area contributed by atoms with E-state index in [-0.39, 0.29) is 6.61 Å². The number of benzene rings is 1. The summed E-state index contributed by atoms with van der Waals surface area (Å²) in [5, 5.41) is 13.0. The zero-order valence-corrected chi connectivity index (χ0v) is 11.1. The van der Waals surface area contributed by atoms with Crippen molar-refractivity contribution in [3.8, 4) is 0 Å². The third-order valence-corrected chi connectivity index (χ3v) is 4.11. The lowest BCUT2D eigenvalue weighted by molar-refractivity contribution is 0.203. The van der Waals surface area contributed by atoms with Crippen molar-refractivity contribution in [3.63, 3.8) is 0 Å². The number of anilines is 1. The van der Waals surface area contributed by atoms with Gasteiger partial charge in [0, 0.05) is 18.6 Å². The number of H-pyrrole nitrogens is 1. The molecule has 19 heavy (non-hydrogen) atoms. The van der Waals surface area contributed by atoms with Crippen LogP contribution in [0.3, 0.4) is 0 Å². The zero-order valence-electron chi connectivity index (χ0n) is 11.1. The molecule has 0 radical (unpaired) electrons. The predicted molar refractivity (Wildman–Crippen MR) is 77.2 cm³/mol. The number of fused-ring (bicyclic) bond motifs is 1. The van der Waals surface area contributed by atoms with Crippen molar-refractivity contribution in [3.05, 3.63) is 24.3 Å². The van der Waals surface area contributed by atoms with Crippen LogP contribution in [0, 0.1) is 5.92 Å². The van der Waals surface area contributed by atoms with Crippen molar-refractivity contribution in [1.82, 2.24) is 9.97 Å². The Morgan fingerprint density at radius 3 is 2.89 bits per heavy atom. The molecular formula is C15H21N3O. The standard InChI is InChI=1S/C15H21N3O/c19-10-11-6-2-1-3-7-12(11)16-15-17-13-8-4-5-9-14(13)18-15/h4-5,8-9,11-12,19H,1-3,6-7,10H2,(H2,16,17,18). The molecule has 1 aliphatic carbocycles. The summed E-state index contributed by atoms with van der Waals surface area (Å²) in [5.41, 5.74) is 2.04. The van der Waals surface area contributed by atoms with Crippen LogP contribution in [-0.2, 0) is 0 Å². The minimum atomic E-state index is 0.262. The lowest BCUT2D eigenvalue weighted by Crippen LogP contribution is -2.31. The van der Waals surface area contributed by atoms with Crippen molar-refractivity contribution in [2.75, 3.05) is 11.9 Å². The molecule has 0 aliphatic heterocycles. The molecule has 2 atom stereocenters. The summed E-state index contributed by atoms with van der Waals surface area (Å²) in [6.45, 7) is 0.262. The Bertz CT molecular complexity index is 504. The van der Waals surface area contributed by atoms with E-state index >= 15 is 0 Å². The normalized spacial score (nSPS) is 24.3. The van der Waals surface area contributed by atoms with Crippen molar-refractivity contribution >= 4 is 17.0 Å². The number of nitrogens with zero attached hydrogens (tertiary/aromatic N) is 1. The number of imidazole rings is 1. The maximum Gasteiger partial charge on any atom is 0.201 e. The highest BCUT2D eigenvalue weighted by molar-refractivity contribution is 5.77. The lowest BCUT2D eigenvalue weighted by Gasteiger charge is -2.24. The van der Waals surface area contributed by atoms with E-state index in [9.17, 15) is 5.11 Å². The highest BCUT2D eigenvalue weighted by Gasteiger charge is 2.23. The third-order valence-electron chi connectivity index (χ3n) is 4.11. The summed E-state index contributed by atoms with van der Waals surface area (Å²) >= 11 is 0. The van der Waals surface area contributed by atoms with Crippen molar-refractivity contribution in [1.29, 1.82) is 0 Å². The predicted octanol–water partition coefficient (Wildman–Crippen LogP) is 2.92. The molecule has 1 aliphatic rings. The summed E-state index contributed by atoms with van der Waals surface area (Å²) in [6.07, 6.45) is 5.95. The molecule has 4 nitrogen and oxygen atoms in total. The average Bonchev–Trinajstić information content (AvgIpc) is 2.70. The fraction of sp³-hybridized carbons (Fsp3) is 0.533. The zero-order chi connectivity index (χ0) is 13.1. The Hall–Kier alpha value is -1.55. The molecule has 2 aromatic rings. The Morgan fingerprint density at radius 1 is 1.21 bits per heavy atom. The third kappa shape index (κ3) is 2.73. The minimum absolute atomic E-state index is 0.262. The van der Waals surface area contributed by atoms with Gasteiger partial charge in [-0.2, -0.15) is 0 Å². The molecule has 3 N–H and O–H groups in total. The molecule has 1 saturated carbocycles. The first-order chi connectivity index (χ1) is 9.36. The van der Waals surface area contributed by atoms with Crippen LogP contribution < -0.4 is 5.32 Å². The number of para-hydroxylation sites is 2. The van der Waals surface area contributed by atoms with Gasteiger partial charge in [-0.05, 0) is 25.0 Å². The van der Waals surface area contributed by atoms with Gasteiger partial charge < -0.3 is 15.4 Å². The van der Waals surface area contributed by atoms with E-state index in [1.807, 2.05) is 24.3 Å². The van der Waals surface area contributed by atoms with Gasteiger partial charge in [-0.1, -0.05) is 31.4 Å². The maximum atomic E-state index is 9.53. The van der Waals surface area contributed by atoms with Crippen LogP contribution >= 0.6 is 0 Å². The number of aromatic amines is 1. The van der Waals surface area contributed by atoms with Gasteiger partial charge in [-0.3, -0.25) is 0 Å². The average molecular weight is 259 g/mol. The van der Waals surface area contributed by atoms with Crippen molar-refractivity contribution in [2.24, 2.45) is 5.92 Å². The smallest absolute Gasteiger partial charge is 0.201 e. The summed E-state index contributed by atoms with van der Waals surface area (Å²) in [4.78, 5) is 7.86. The number of aromatic nitrogens is 2. The molecule has 1 heterocycles. The van der Waals surface area contributed by atoms with E-state index in [0.717, 1.165) is 29.8 Å². The molecule has 4 heteroatoms. The van der Waals surface area contributed by atoms with Crippen LogP contribution in [0.1, 0.15) is 32.1 Å². The first kappa shape index (κ1) is 12.5. The topological polar surface area (TPSA) is 60.9 Å². The molecule has 1 aromatic carbocycles. The number of aliphatic hydroxyl groups is 1. The molecule has 0 amide bonds. The SMILES string of the molecule is OCC1CCCCCC1Nc1nc2ccccc2[nH]1. The number of aliphatic hydroxyl groups excluding tert-OH is 1. The number of hydrogen-bond donors (Lipinski definition) is 3. The quantitative estimate of drug-likeness (QED) is 0.743. The van der Waals surface area contributed by atoms with Gasteiger partial charge in [-0.25, -0.2) is 4.98 Å². The first-order valence-corrected chi connectivity index (χ1v) is 7.19. The highest BCUT2D eigenvalue weighted by atomic mass is 16.3. The molecule has 0 bridgehead atoms. The summed E-state index contributed by atoms with van der Waals surface area (Å²) < 4.78 is 0. The minimum Gasteiger partial charge on any atom is -0.396 e. The van der Waals surface area contributed by atoms with E-state index in [1.165, 1.54) is 19.3 Å². The van der Waals surface area contributed by atoms with Crippen LogP contribution in [-0.4, -0.2) is 27.7 Å². The fourth-order valence-corrected chi connectivity index (χ4v) is 2.99. The Kier molecular flexibility index (Phi) is 3.69. The number of hydrogen-bond acceptors (Lipinski definition) is 3. The second-order valence-corrected chi connectivity index (χ2v) is 5.43. The molecule has 3 rings (SSSR count). The Labute approximate surface area is 113 Å². The molecule has 1 fully saturated rings. The van der Waals surface area contributed by atoms with Gasteiger partial charge in [0.15, 0.2) is 0 Å². The van der Waals surface area contributed by atoms with Gasteiger partial charge >= 0.3 is 0 Å². The number of nitrogens with one attached hydrogen (secondary N) is 2. The summed E-state index contributed by atoms with van der Waals surface area (Å²) in [7, 11) is 0. The van der Waals surface area contributed by atoms with Gasteiger partial charge in [-0.15, -0.1) is 0 Å². The molecule has 0 spiro atoms. The summed E-state index contributed by atoms with van der Waals surface area (Å²) in [5.74, 6) is 1.17. The molecule has 1 aromatic heterocycles. The monoisotopic (exact) mass is 259 g/mol.